The standard InChI is InChI=1S/C26H20N4O/c1-17-15-25(26(30-18(17)2)22-8-4-6-13-28-22)31-24-11-14-29-23-16-19(9-10-20(23)24)21-7-3-5-12-27-21/h3-16H,1-2H3. The summed E-state index contributed by atoms with van der Waals surface area (Å²) in [7, 11) is 0. The molecule has 31 heavy (non-hydrogen) atoms. The molecule has 0 saturated heterocycles. The van der Waals surface area contributed by atoms with Crippen molar-refractivity contribution in [3.05, 3.63) is 96.6 Å². The topological polar surface area (TPSA) is 60.8 Å². The first kappa shape index (κ1) is 18.9. The van der Waals surface area contributed by atoms with Gasteiger partial charge in [-0.1, -0.05) is 18.2 Å². The van der Waals surface area contributed by atoms with Gasteiger partial charge in [0.2, 0.25) is 0 Å². The quantitative estimate of drug-likeness (QED) is 0.359. The summed E-state index contributed by atoms with van der Waals surface area (Å²) in [4.78, 5) is 18.2. The summed E-state index contributed by atoms with van der Waals surface area (Å²) in [5, 5.41) is 0.924. The molecule has 4 heterocycles. The normalized spacial score (nSPS) is 10.9. The lowest BCUT2D eigenvalue weighted by atomic mass is 10.1. The number of fused-ring (bicyclic) bond motifs is 1. The lowest BCUT2D eigenvalue weighted by molar-refractivity contribution is 0.486. The Morgan fingerprint density at radius 2 is 1.45 bits per heavy atom. The molecule has 0 N–H and O–H groups in total. The van der Waals surface area contributed by atoms with Crippen LogP contribution in [-0.4, -0.2) is 19.9 Å². The summed E-state index contributed by atoms with van der Waals surface area (Å²) >= 11 is 0. The number of hydrogen-bond acceptors (Lipinski definition) is 5. The summed E-state index contributed by atoms with van der Waals surface area (Å²) in [5.74, 6) is 1.39. The molecular weight excluding hydrogens is 384 g/mol. The Hall–Kier alpha value is -4.12. The zero-order valence-electron chi connectivity index (χ0n) is 17.3. The van der Waals surface area contributed by atoms with Crippen molar-refractivity contribution in [1.82, 2.24) is 19.9 Å². The molecule has 0 bridgehead atoms. The van der Waals surface area contributed by atoms with Crippen LogP contribution >= 0.6 is 0 Å². The van der Waals surface area contributed by atoms with E-state index in [-0.39, 0.29) is 0 Å². The van der Waals surface area contributed by atoms with Crippen LogP contribution in [0.25, 0.3) is 33.5 Å². The van der Waals surface area contributed by atoms with E-state index in [1.807, 2.05) is 80.6 Å². The number of ether oxygens (including phenoxy) is 1. The van der Waals surface area contributed by atoms with Gasteiger partial charge in [-0.05, 0) is 67.9 Å². The Morgan fingerprint density at radius 3 is 2.19 bits per heavy atom. The molecule has 5 aromatic rings. The van der Waals surface area contributed by atoms with Gasteiger partial charge >= 0.3 is 0 Å². The monoisotopic (exact) mass is 404 g/mol. The average molecular weight is 404 g/mol. The molecule has 0 aliphatic carbocycles. The van der Waals surface area contributed by atoms with Gasteiger partial charge in [0.15, 0.2) is 5.75 Å². The number of benzene rings is 1. The third-order valence-corrected chi connectivity index (χ3v) is 5.22. The second-order valence-electron chi connectivity index (χ2n) is 7.31. The maximum absolute atomic E-state index is 6.40. The largest absolute Gasteiger partial charge is 0.454 e. The first-order valence-corrected chi connectivity index (χ1v) is 10.1. The van der Waals surface area contributed by atoms with E-state index in [2.05, 4.69) is 15.0 Å². The molecule has 0 radical (unpaired) electrons. The van der Waals surface area contributed by atoms with Crippen LogP contribution in [0.3, 0.4) is 0 Å². The Morgan fingerprint density at radius 1 is 0.677 bits per heavy atom. The highest BCUT2D eigenvalue weighted by Crippen LogP contribution is 2.36. The summed E-state index contributed by atoms with van der Waals surface area (Å²) in [6.07, 6.45) is 5.31. The fourth-order valence-electron chi connectivity index (χ4n) is 3.47. The first-order chi connectivity index (χ1) is 15.2. The third-order valence-electron chi connectivity index (χ3n) is 5.22. The van der Waals surface area contributed by atoms with E-state index in [1.54, 1.807) is 18.6 Å². The Balaban J connectivity index is 1.59. The molecule has 5 heteroatoms. The number of aromatic nitrogens is 4. The lowest BCUT2D eigenvalue weighted by Gasteiger charge is -2.14. The average Bonchev–Trinajstić information content (AvgIpc) is 2.82. The Labute approximate surface area is 180 Å². The van der Waals surface area contributed by atoms with E-state index >= 15 is 0 Å². The highest BCUT2D eigenvalue weighted by atomic mass is 16.5. The van der Waals surface area contributed by atoms with Crippen LogP contribution in [0.4, 0.5) is 0 Å². The van der Waals surface area contributed by atoms with E-state index < -0.39 is 0 Å². The number of rotatable bonds is 4. The number of hydrogen-bond donors (Lipinski definition) is 0. The van der Waals surface area contributed by atoms with Crippen LogP contribution in [0.5, 0.6) is 11.5 Å². The Bertz CT molecular complexity index is 1370. The van der Waals surface area contributed by atoms with Crippen molar-refractivity contribution in [1.29, 1.82) is 0 Å². The number of aryl methyl sites for hydroxylation is 2. The van der Waals surface area contributed by atoms with Gasteiger partial charge in [-0.2, -0.15) is 0 Å². The van der Waals surface area contributed by atoms with Gasteiger partial charge in [0, 0.05) is 35.2 Å². The van der Waals surface area contributed by atoms with Crippen LogP contribution in [0.2, 0.25) is 0 Å². The molecule has 5 nitrogen and oxygen atoms in total. The van der Waals surface area contributed by atoms with Crippen LogP contribution < -0.4 is 4.74 Å². The van der Waals surface area contributed by atoms with E-state index in [9.17, 15) is 0 Å². The fourth-order valence-corrected chi connectivity index (χ4v) is 3.47. The molecule has 0 unspecified atom stereocenters. The second kappa shape index (κ2) is 7.95. The molecule has 150 valence electrons. The Kier molecular flexibility index (Phi) is 4.84. The molecule has 0 aliphatic heterocycles. The SMILES string of the molecule is Cc1cc(Oc2ccnc3cc(-c4ccccn4)ccc23)c(-c2ccccn2)nc1C. The van der Waals surface area contributed by atoms with Crippen LogP contribution in [0.1, 0.15) is 11.3 Å². The number of pyridine rings is 4. The van der Waals surface area contributed by atoms with Gasteiger partial charge in [-0.25, -0.2) is 4.98 Å². The molecule has 0 fully saturated rings. The number of nitrogens with zero attached hydrogens (tertiary/aromatic N) is 4. The minimum atomic E-state index is 0.670. The minimum absolute atomic E-state index is 0.670. The van der Waals surface area contributed by atoms with Crippen molar-refractivity contribution in [3.8, 4) is 34.1 Å². The van der Waals surface area contributed by atoms with E-state index in [0.717, 1.165) is 50.6 Å². The van der Waals surface area contributed by atoms with Gasteiger partial charge in [0.05, 0.1) is 16.9 Å². The molecule has 0 saturated carbocycles. The molecule has 0 atom stereocenters. The van der Waals surface area contributed by atoms with Gasteiger partial charge < -0.3 is 4.74 Å². The fraction of sp³-hybridized carbons (Fsp3) is 0.0769. The van der Waals surface area contributed by atoms with Gasteiger partial charge in [0.25, 0.3) is 0 Å². The molecular formula is C26H20N4O. The van der Waals surface area contributed by atoms with Crippen molar-refractivity contribution < 1.29 is 4.74 Å². The predicted molar refractivity (Wildman–Crippen MR) is 122 cm³/mol. The zero-order chi connectivity index (χ0) is 21.2. The van der Waals surface area contributed by atoms with Gasteiger partial charge in [0.1, 0.15) is 11.4 Å². The van der Waals surface area contributed by atoms with E-state index in [0.29, 0.717) is 5.75 Å². The highest BCUT2D eigenvalue weighted by Gasteiger charge is 2.15. The van der Waals surface area contributed by atoms with Crippen LogP contribution in [0.15, 0.2) is 85.3 Å². The molecule has 4 aromatic heterocycles. The summed E-state index contributed by atoms with van der Waals surface area (Å²) in [5.41, 5.74) is 6.28. The summed E-state index contributed by atoms with van der Waals surface area (Å²) in [6.45, 7) is 4.02. The molecule has 0 amide bonds. The van der Waals surface area contributed by atoms with Crippen LogP contribution in [-0.2, 0) is 0 Å². The van der Waals surface area contributed by atoms with Crippen molar-refractivity contribution in [3.63, 3.8) is 0 Å². The highest BCUT2D eigenvalue weighted by molar-refractivity contribution is 5.88. The molecule has 0 spiro atoms. The van der Waals surface area contributed by atoms with Crippen molar-refractivity contribution in [2.45, 2.75) is 13.8 Å². The van der Waals surface area contributed by atoms with Gasteiger partial charge in [-0.3, -0.25) is 15.0 Å². The maximum Gasteiger partial charge on any atom is 0.155 e. The van der Waals surface area contributed by atoms with E-state index in [1.165, 1.54) is 0 Å². The zero-order valence-corrected chi connectivity index (χ0v) is 17.3. The van der Waals surface area contributed by atoms with E-state index in [4.69, 9.17) is 9.72 Å². The lowest BCUT2D eigenvalue weighted by Crippen LogP contribution is -1.98. The second-order valence-corrected chi connectivity index (χ2v) is 7.31. The van der Waals surface area contributed by atoms with Gasteiger partial charge in [-0.15, -0.1) is 0 Å². The summed E-state index contributed by atoms with van der Waals surface area (Å²) in [6, 6.07) is 21.6. The maximum atomic E-state index is 6.40. The first-order valence-electron chi connectivity index (χ1n) is 10.1. The molecule has 0 aliphatic rings. The smallest absolute Gasteiger partial charge is 0.155 e. The molecule has 1 aromatic carbocycles. The third kappa shape index (κ3) is 3.73. The summed E-state index contributed by atoms with van der Waals surface area (Å²) < 4.78 is 6.40. The van der Waals surface area contributed by atoms with Crippen molar-refractivity contribution >= 4 is 10.9 Å². The van der Waals surface area contributed by atoms with Crippen molar-refractivity contribution in [2.24, 2.45) is 0 Å². The minimum Gasteiger partial charge on any atom is -0.454 e. The molecule has 5 rings (SSSR count). The van der Waals surface area contributed by atoms with Crippen molar-refractivity contribution in [2.75, 3.05) is 0 Å². The van der Waals surface area contributed by atoms with Crippen LogP contribution in [0, 0.1) is 13.8 Å². The predicted octanol–water partition coefficient (Wildman–Crippen LogP) is 6.16.